The summed E-state index contributed by atoms with van der Waals surface area (Å²) in [5, 5.41) is 35.2. The number of carbonyl (C=O) groups excluding carboxylic acids is 3. The molecule has 0 radical (unpaired) electrons. The maximum Gasteiger partial charge on any atom is 0.322 e. The molecule has 0 unspecified atom stereocenters. The Labute approximate surface area is 356 Å². The fourth-order valence-corrected chi connectivity index (χ4v) is 5.45. The molecule has 7 rings (SSSR count). The summed E-state index contributed by atoms with van der Waals surface area (Å²) >= 11 is 5.17. The van der Waals surface area contributed by atoms with Crippen molar-refractivity contribution in [3.05, 3.63) is 131 Å². The molecular weight excluding hydrogens is 808 g/mol. The minimum atomic E-state index is -0.314. The molecule has 320 valence electrons. The highest BCUT2D eigenvalue weighted by molar-refractivity contribution is 6.63. The highest BCUT2D eigenvalue weighted by Gasteiger charge is 2.13. The van der Waals surface area contributed by atoms with E-state index in [0.717, 1.165) is 42.4 Å². The number of nitrogens with zero attached hydrogens (tertiary/aromatic N) is 8. The number of benzene rings is 3. The molecule has 0 aliphatic rings. The first kappa shape index (κ1) is 46.4. The van der Waals surface area contributed by atoms with Crippen molar-refractivity contribution in [2.24, 2.45) is 0 Å². The zero-order valence-electron chi connectivity index (χ0n) is 32.4. The fraction of sp³-hybridized carbons (Fsp3) is 0.293. The number of rotatable bonds is 18. The summed E-state index contributed by atoms with van der Waals surface area (Å²) in [6.07, 6.45) is 6.52. The SMILES string of the molecule is C.Nc1nnc(CCCCc2nnc(N)o2)o1.O=C(Cc1ccccc1)Nc1nnc(CCCCc2nnc(NC(=O)Cc3ccccc3)o2)o1.O=C(Cl)Cc1ccccc1. The molecule has 2 amide bonds. The predicted molar refractivity (Wildman–Crippen MR) is 225 cm³/mol. The van der Waals surface area contributed by atoms with Gasteiger partial charge < -0.3 is 29.1 Å². The molecule has 19 nitrogen and oxygen atoms in total. The summed E-state index contributed by atoms with van der Waals surface area (Å²) in [6.45, 7) is 0. The molecule has 3 aromatic carbocycles. The molecule has 0 saturated heterocycles. The minimum absolute atomic E-state index is 0. The normalized spacial score (nSPS) is 10.3. The molecule has 4 heterocycles. The van der Waals surface area contributed by atoms with Gasteiger partial charge in [0.25, 0.3) is 0 Å². The smallest absolute Gasteiger partial charge is 0.322 e. The summed E-state index contributed by atoms with van der Waals surface area (Å²) in [6, 6.07) is 28.6. The summed E-state index contributed by atoms with van der Waals surface area (Å²) in [7, 11) is 0. The molecule has 7 aromatic rings. The van der Waals surface area contributed by atoms with Crippen LogP contribution in [0.25, 0.3) is 0 Å². The molecule has 0 bridgehead atoms. The predicted octanol–water partition coefficient (Wildman–Crippen LogP) is 6.19. The number of anilines is 4. The number of amides is 2. The van der Waals surface area contributed by atoms with Crippen molar-refractivity contribution in [3.63, 3.8) is 0 Å². The zero-order chi connectivity index (χ0) is 42.4. The van der Waals surface area contributed by atoms with Crippen LogP contribution in [0.3, 0.4) is 0 Å². The van der Waals surface area contributed by atoms with Gasteiger partial charge in [-0.25, -0.2) is 0 Å². The van der Waals surface area contributed by atoms with E-state index in [9.17, 15) is 14.4 Å². The van der Waals surface area contributed by atoms with Crippen LogP contribution in [0.1, 0.15) is 73.4 Å². The molecule has 0 aliphatic heterocycles. The number of nitrogens with one attached hydrogen (secondary N) is 2. The molecule has 4 aromatic heterocycles. The Morgan fingerprint density at radius 3 is 1.08 bits per heavy atom. The number of hydrogen-bond donors (Lipinski definition) is 4. The average molecular weight is 855 g/mol. The van der Waals surface area contributed by atoms with Crippen molar-refractivity contribution >= 4 is 52.7 Å². The number of aromatic nitrogens is 8. The third-order valence-electron chi connectivity index (χ3n) is 8.05. The minimum Gasteiger partial charge on any atom is -0.408 e. The van der Waals surface area contributed by atoms with E-state index < -0.39 is 0 Å². The first-order valence-electron chi connectivity index (χ1n) is 18.9. The molecule has 0 saturated carbocycles. The van der Waals surface area contributed by atoms with E-state index in [-0.39, 0.29) is 61.4 Å². The third kappa shape index (κ3) is 18.0. The van der Waals surface area contributed by atoms with E-state index in [4.69, 9.17) is 40.7 Å². The number of nitrogens with two attached hydrogens (primary N) is 2. The van der Waals surface area contributed by atoms with Gasteiger partial charge in [-0.1, -0.05) is 119 Å². The van der Waals surface area contributed by atoms with Crippen LogP contribution in [0.2, 0.25) is 0 Å². The molecule has 20 heteroatoms. The number of halogens is 1. The first-order chi connectivity index (χ1) is 29.2. The second-order valence-corrected chi connectivity index (χ2v) is 13.3. The Kier molecular flexibility index (Phi) is 19.2. The molecule has 61 heavy (non-hydrogen) atoms. The summed E-state index contributed by atoms with van der Waals surface area (Å²) < 4.78 is 21.0. The quantitative estimate of drug-likeness (QED) is 0.0552. The molecule has 0 aliphatic carbocycles. The van der Waals surface area contributed by atoms with Crippen LogP contribution in [0.15, 0.2) is 109 Å². The van der Waals surface area contributed by atoms with E-state index in [1.807, 2.05) is 91.0 Å². The van der Waals surface area contributed by atoms with Gasteiger partial charge in [0.15, 0.2) is 0 Å². The second-order valence-electron chi connectivity index (χ2n) is 12.9. The Balaban J connectivity index is 0.000000249. The van der Waals surface area contributed by atoms with Crippen molar-refractivity contribution in [1.82, 2.24) is 40.8 Å². The largest absolute Gasteiger partial charge is 0.408 e. The van der Waals surface area contributed by atoms with E-state index >= 15 is 0 Å². The lowest BCUT2D eigenvalue weighted by Crippen LogP contribution is -2.14. The first-order valence-corrected chi connectivity index (χ1v) is 19.2. The Hall–Kier alpha value is -7.28. The van der Waals surface area contributed by atoms with Gasteiger partial charge in [0.05, 0.1) is 12.8 Å². The van der Waals surface area contributed by atoms with Gasteiger partial charge in [-0.15, -0.1) is 20.4 Å². The summed E-state index contributed by atoms with van der Waals surface area (Å²) in [4.78, 5) is 34.5. The van der Waals surface area contributed by atoms with E-state index in [0.29, 0.717) is 55.7 Å². The van der Waals surface area contributed by atoms with Crippen LogP contribution in [-0.2, 0) is 59.3 Å². The molecule has 6 N–H and O–H groups in total. The van der Waals surface area contributed by atoms with Crippen LogP contribution in [0.4, 0.5) is 24.1 Å². The van der Waals surface area contributed by atoms with E-state index in [1.165, 1.54) is 0 Å². The molecular formula is C41H47ClN12O7. The van der Waals surface area contributed by atoms with Crippen molar-refractivity contribution < 1.29 is 32.1 Å². The molecule has 0 atom stereocenters. The number of aryl methyl sites for hydroxylation is 4. The topological polar surface area (TPSA) is 283 Å². The van der Waals surface area contributed by atoms with Gasteiger partial charge >= 0.3 is 24.1 Å². The molecule has 0 fully saturated rings. The van der Waals surface area contributed by atoms with Crippen LogP contribution < -0.4 is 22.1 Å². The number of hydrogen-bond acceptors (Lipinski definition) is 17. The maximum atomic E-state index is 12.1. The van der Waals surface area contributed by atoms with Gasteiger partial charge in [-0.3, -0.25) is 25.0 Å². The van der Waals surface area contributed by atoms with Crippen LogP contribution >= 0.6 is 11.6 Å². The Morgan fingerprint density at radius 2 is 0.770 bits per heavy atom. The summed E-state index contributed by atoms with van der Waals surface area (Å²) in [5.41, 5.74) is 13.3. The fourth-order valence-electron chi connectivity index (χ4n) is 5.30. The number of nitrogen functional groups attached to an aromatic ring is 2. The Bertz CT molecular complexity index is 2200. The Morgan fingerprint density at radius 1 is 0.459 bits per heavy atom. The highest BCUT2D eigenvalue weighted by Crippen LogP contribution is 2.14. The lowest BCUT2D eigenvalue weighted by molar-refractivity contribution is -0.116. The van der Waals surface area contributed by atoms with Crippen molar-refractivity contribution in [1.29, 1.82) is 0 Å². The second kappa shape index (κ2) is 25.3. The van der Waals surface area contributed by atoms with Crippen molar-refractivity contribution in [3.8, 4) is 0 Å². The third-order valence-corrected chi connectivity index (χ3v) is 8.19. The van der Waals surface area contributed by atoms with Crippen LogP contribution in [0, 0.1) is 0 Å². The van der Waals surface area contributed by atoms with Crippen molar-refractivity contribution in [2.75, 3.05) is 22.1 Å². The van der Waals surface area contributed by atoms with Gasteiger partial charge in [0.1, 0.15) is 0 Å². The van der Waals surface area contributed by atoms with E-state index in [2.05, 4.69) is 51.4 Å². The lowest BCUT2D eigenvalue weighted by atomic mass is 10.1. The number of carbonyl (C=O) groups is 3. The maximum absolute atomic E-state index is 12.1. The van der Waals surface area contributed by atoms with Crippen LogP contribution in [-0.4, -0.2) is 57.8 Å². The van der Waals surface area contributed by atoms with Crippen molar-refractivity contribution in [2.45, 2.75) is 78.1 Å². The van der Waals surface area contributed by atoms with Crippen LogP contribution in [0.5, 0.6) is 0 Å². The van der Waals surface area contributed by atoms with Gasteiger partial charge in [-0.05, 0) is 54.0 Å². The molecule has 0 spiro atoms. The monoisotopic (exact) mass is 854 g/mol. The van der Waals surface area contributed by atoms with Gasteiger partial charge in [-0.2, -0.15) is 0 Å². The lowest BCUT2D eigenvalue weighted by Gasteiger charge is -2.00. The standard InChI is InChI=1S/C24H24N6O4.C8H7ClO.C8H12N6O2.CH4/c31-19(15-17-9-3-1-4-10-17)25-23-29-27-21(33-23)13-7-8-14-22-28-30-24(34-22)26-20(32)16-18-11-5-2-6-12-18;9-8(10)6-7-4-2-1-3-5-7;9-7-13-11-5(15-7)3-1-2-4-6-12-14-8(10)16-6;/h1-6,9-12H,7-8,13-16H2,(H,25,29,31)(H,26,30,32);1-5H,6H2;1-4H2,(H2,9,13)(H2,10,14);1H4. The van der Waals surface area contributed by atoms with Gasteiger partial charge in [0.2, 0.25) is 40.6 Å². The number of unbranched alkanes of at least 4 members (excludes halogenated alkanes) is 2. The van der Waals surface area contributed by atoms with Gasteiger partial charge in [0, 0.05) is 32.1 Å². The zero-order valence-corrected chi connectivity index (χ0v) is 33.2. The average Bonchev–Trinajstić information content (AvgIpc) is 4.06. The summed E-state index contributed by atoms with van der Waals surface area (Å²) in [5.74, 6) is 1.53. The highest BCUT2D eigenvalue weighted by atomic mass is 35.5. The van der Waals surface area contributed by atoms with E-state index in [1.54, 1.807) is 0 Å².